The first-order chi connectivity index (χ1) is 6.70. The van der Waals surface area contributed by atoms with Gasteiger partial charge in [-0.3, -0.25) is 0 Å². The molecule has 2 heteroatoms. The van der Waals surface area contributed by atoms with Gasteiger partial charge in [0.25, 0.3) is 0 Å². The average molecular weight is 195 g/mol. The van der Waals surface area contributed by atoms with Gasteiger partial charge in [-0.15, -0.1) is 0 Å². The Labute approximate surface area is 85.3 Å². The molecule has 0 bridgehead atoms. The van der Waals surface area contributed by atoms with Crippen LogP contribution < -0.4 is 5.32 Å². The molecule has 1 nitrogen and oxygen atoms in total. The smallest absolute Gasteiger partial charge is 0.130 e. The highest BCUT2D eigenvalue weighted by molar-refractivity contribution is 5.27. The third-order valence-electron chi connectivity index (χ3n) is 2.46. The van der Waals surface area contributed by atoms with Gasteiger partial charge in [-0.1, -0.05) is 32.0 Å². The molecule has 1 unspecified atom stereocenters. The number of hydrogen-bond donors (Lipinski definition) is 1. The van der Waals surface area contributed by atoms with Crippen molar-refractivity contribution >= 4 is 0 Å². The van der Waals surface area contributed by atoms with Crippen LogP contribution in [0.25, 0.3) is 0 Å². The summed E-state index contributed by atoms with van der Waals surface area (Å²) in [6, 6.07) is 5.71. The first-order valence-corrected chi connectivity index (χ1v) is 5.19. The number of halogens is 1. The second kappa shape index (κ2) is 5.11. The highest BCUT2D eigenvalue weighted by Gasteiger charge is 2.13. The van der Waals surface area contributed by atoms with E-state index in [1.165, 1.54) is 0 Å². The molecule has 1 aromatic rings. The molecule has 0 amide bonds. The van der Waals surface area contributed by atoms with Crippen molar-refractivity contribution in [3.05, 3.63) is 35.1 Å². The molecule has 0 spiro atoms. The number of rotatable bonds is 4. The van der Waals surface area contributed by atoms with E-state index in [4.69, 9.17) is 0 Å². The van der Waals surface area contributed by atoms with Crippen LogP contribution >= 0.6 is 0 Å². The molecule has 1 atom stereocenters. The van der Waals surface area contributed by atoms with E-state index < -0.39 is 0 Å². The summed E-state index contributed by atoms with van der Waals surface area (Å²) in [4.78, 5) is 0. The van der Waals surface area contributed by atoms with Crippen LogP contribution in [0, 0.1) is 12.7 Å². The summed E-state index contributed by atoms with van der Waals surface area (Å²) in [5.41, 5.74) is 1.51. The van der Waals surface area contributed by atoms with Gasteiger partial charge >= 0.3 is 0 Å². The van der Waals surface area contributed by atoms with Crippen molar-refractivity contribution < 1.29 is 4.39 Å². The van der Waals surface area contributed by atoms with Crippen molar-refractivity contribution in [2.75, 3.05) is 6.54 Å². The maximum Gasteiger partial charge on any atom is 0.130 e. The minimum atomic E-state index is -0.0692. The minimum absolute atomic E-state index is 0.0692. The van der Waals surface area contributed by atoms with Gasteiger partial charge < -0.3 is 5.32 Å². The van der Waals surface area contributed by atoms with E-state index in [1.807, 2.05) is 19.1 Å². The Balaban J connectivity index is 2.97. The molecule has 1 N–H and O–H groups in total. The molecule has 1 aromatic carbocycles. The topological polar surface area (TPSA) is 12.0 Å². The highest BCUT2D eigenvalue weighted by Crippen LogP contribution is 2.21. The molecule has 0 fully saturated rings. The molecule has 0 saturated heterocycles. The molecule has 0 aliphatic carbocycles. The van der Waals surface area contributed by atoms with Crippen LogP contribution in [0.5, 0.6) is 0 Å². The van der Waals surface area contributed by atoms with Gasteiger partial charge in [0.1, 0.15) is 5.82 Å². The number of benzene rings is 1. The second-order valence-corrected chi connectivity index (χ2v) is 3.50. The Morgan fingerprint density at radius 1 is 1.36 bits per heavy atom. The second-order valence-electron chi connectivity index (χ2n) is 3.50. The summed E-state index contributed by atoms with van der Waals surface area (Å²) in [7, 11) is 0. The van der Waals surface area contributed by atoms with Crippen LogP contribution in [-0.4, -0.2) is 6.54 Å². The van der Waals surface area contributed by atoms with Crippen molar-refractivity contribution in [3.63, 3.8) is 0 Å². The largest absolute Gasteiger partial charge is 0.310 e. The van der Waals surface area contributed by atoms with Crippen molar-refractivity contribution in [2.45, 2.75) is 33.2 Å². The molecule has 0 aliphatic heterocycles. The molecule has 0 saturated carbocycles. The van der Waals surface area contributed by atoms with E-state index in [-0.39, 0.29) is 11.9 Å². The van der Waals surface area contributed by atoms with E-state index in [0.717, 1.165) is 24.1 Å². The number of nitrogens with one attached hydrogen (secondary N) is 1. The Kier molecular flexibility index (Phi) is 4.08. The Morgan fingerprint density at radius 3 is 2.64 bits per heavy atom. The lowest BCUT2D eigenvalue weighted by atomic mass is 10.0. The predicted molar refractivity (Wildman–Crippen MR) is 57.8 cm³/mol. The van der Waals surface area contributed by atoms with E-state index >= 15 is 0 Å². The zero-order chi connectivity index (χ0) is 10.6. The third-order valence-corrected chi connectivity index (χ3v) is 2.46. The van der Waals surface area contributed by atoms with Crippen molar-refractivity contribution in [1.29, 1.82) is 0 Å². The molecule has 14 heavy (non-hydrogen) atoms. The van der Waals surface area contributed by atoms with Gasteiger partial charge in [0.15, 0.2) is 0 Å². The summed E-state index contributed by atoms with van der Waals surface area (Å²) in [5, 5.41) is 3.28. The monoisotopic (exact) mass is 195 g/mol. The fourth-order valence-corrected chi connectivity index (χ4v) is 1.66. The maximum atomic E-state index is 13.7. The number of hydrogen-bond acceptors (Lipinski definition) is 1. The molecule has 1 rings (SSSR count). The summed E-state index contributed by atoms with van der Waals surface area (Å²) in [6.45, 7) is 6.77. The predicted octanol–water partition coefficient (Wildman–Crippen LogP) is 3.19. The molecular weight excluding hydrogens is 177 g/mol. The van der Waals surface area contributed by atoms with Gasteiger partial charge in [0, 0.05) is 11.6 Å². The van der Waals surface area contributed by atoms with Gasteiger partial charge in [0.2, 0.25) is 0 Å². The van der Waals surface area contributed by atoms with Crippen LogP contribution in [0.4, 0.5) is 4.39 Å². The normalized spacial score (nSPS) is 12.9. The third kappa shape index (κ3) is 2.32. The fraction of sp³-hybridized carbons (Fsp3) is 0.500. The standard InChI is InChI=1S/C12H18FN/c1-4-11(14-5-2)10-8-6-7-9(3)12(10)13/h6-8,11,14H,4-5H2,1-3H3. The molecule has 0 aliphatic rings. The molecule has 0 radical (unpaired) electrons. The van der Waals surface area contributed by atoms with Crippen molar-refractivity contribution in [2.24, 2.45) is 0 Å². The molecule has 78 valence electrons. The fourth-order valence-electron chi connectivity index (χ4n) is 1.66. The lowest BCUT2D eigenvalue weighted by Crippen LogP contribution is -2.21. The minimum Gasteiger partial charge on any atom is -0.310 e. The first-order valence-electron chi connectivity index (χ1n) is 5.19. The van der Waals surface area contributed by atoms with E-state index in [0.29, 0.717) is 0 Å². The quantitative estimate of drug-likeness (QED) is 0.778. The van der Waals surface area contributed by atoms with Crippen LogP contribution in [0.2, 0.25) is 0 Å². The molecular formula is C12H18FN. The van der Waals surface area contributed by atoms with Crippen LogP contribution in [0.1, 0.15) is 37.4 Å². The maximum absolute atomic E-state index is 13.7. The molecule has 0 heterocycles. The van der Waals surface area contributed by atoms with Crippen LogP contribution in [-0.2, 0) is 0 Å². The van der Waals surface area contributed by atoms with E-state index in [1.54, 1.807) is 13.0 Å². The van der Waals surface area contributed by atoms with Gasteiger partial charge in [0.05, 0.1) is 0 Å². The Hall–Kier alpha value is -0.890. The summed E-state index contributed by atoms with van der Waals surface area (Å²) in [6.07, 6.45) is 0.911. The average Bonchev–Trinajstić information content (AvgIpc) is 2.19. The lowest BCUT2D eigenvalue weighted by molar-refractivity contribution is 0.498. The molecule has 0 aromatic heterocycles. The van der Waals surface area contributed by atoms with Crippen LogP contribution in [0.15, 0.2) is 18.2 Å². The van der Waals surface area contributed by atoms with E-state index in [9.17, 15) is 4.39 Å². The zero-order valence-corrected chi connectivity index (χ0v) is 9.10. The van der Waals surface area contributed by atoms with Crippen molar-refractivity contribution in [1.82, 2.24) is 5.32 Å². The van der Waals surface area contributed by atoms with Crippen LogP contribution in [0.3, 0.4) is 0 Å². The van der Waals surface area contributed by atoms with Gasteiger partial charge in [-0.2, -0.15) is 0 Å². The Bertz CT molecular complexity index is 296. The summed E-state index contributed by atoms with van der Waals surface area (Å²) in [5.74, 6) is -0.0692. The first kappa shape index (κ1) is 11.2. The van der Waals surface area contributed by atoms with Gasteiger partial charge in [-0.05, 0) is 25.5 Å². The summed E-state index contributed by atoms with van der Waals surface area (Å²) < 4.78 is 13.7. The van der Waals surface area contributed by atoms with Gasteiger partial charge in [-0.25, -0.2) is 4.39 Å². The van der Waals surface area contributed by atoms with Crippen molar-refractivity contribution in [3.8, 4) is 0 Å². The highest BCUT2D eigenvalue weighted by atomic mass is 19.1. The SMILES string of the molecule is CCNC(CC)c1cccc(C)c1F. The zero-order valence-electron chi connectivity index (χ0n) is 9.10. The lowest BCUT2D eigenvalue weighted by Gasteiger charge is -2.17. The van der Waals surface area contributed by atoms with E-state index in [2.05, 4.69) is 12.2 Å². The summed E-state index contributed by atoms with van der Waals surface area (Å²) >= 11 is 0. The Morgan fingerprint density at radius 2 is 2.07 bits per heavy atom. The number of aryl methyl sites for hydroxylation is 1.